The van der Waals surface area contributed by atoms with Crippen molar-refractivity contribution in [2.45, 2.75) is 32.2 Å². The summed E-state index contributed by atoms with van der Waals surface area (Å²) in [4.78, 5) is 8.30. The number of nitrogens with one attached hydrogen (secondary N) is 1. The number of nitrogens with zero attached hydrogens (tertiary/aromatic N) is 2. The van der Waals surface area contributed by atoms with Crippen molar-refractivity contribution >= 4 is 0 Å². The van der Waals surface area contributed by atoms with Crippen molar-refractivity contribution in [2.24, 2.45) is 0 Å². The largest absolute Gasteiger partial charge is 0.501 e. The SMILES string of the molecule is CCCNC(C1=COCCC1)c1ccncn1. The van der Waals surface area contributed by atoms with Crippen molar-refractivity contribution in [3.63, 3.8) is 0 Å². The summed E-state index contributed by atoms with van der Waals surface area (Å²) in [6, 6.07) is 2.13. The van der Waals surface area contributed by atoms with Gasteiger partial charge in [0, 0.05) is 6.20 Å². The lowest BCUT2D eigenvalue weighted by Gasteiger charge is -2.23. The average Bonchev–Trinajstić information content (AvgIpc) is 2.42. The maximum absolute atomic E-state index is 5.42. The van der Waals surface area contributed by atoms with Gasteiger partial charge in [-0.1, -0.05) is 6.92 Å². The Kier molecular flexibility index (Phi) is 4.50. The third-order valence-corrected chi connectivity index (χ3v) is 2.83. The van der Waals surface area contributed by atoms with Crippen LogP contribution in [0.1, 0.15) is 37.9 Å². The molecule has 0 saturated heterocycles. The monoisotopic (exact) mass is 233 g/mol. The van der Waals surface area contributed by atoms with E-state index in [4.69, 9.17) is 4.74 Å². The van der Waals surface area contributed by atoms with Gasteiger partial charge in [0.25, 0.3) is 0 Å². The van der Waals surface area contributed by atoms with Gasteiger partial charge in [-0.3, -0.25) is 0 Å². The van der Waals surface area contributed by atoms with E-state index in [1.165, 1.54) is 5.57 Å². The molecule has 4 nitrogen and oxygen atoms in total. The lowest BCUT2D eigenvalue weighted by molar-refractivity contribution is 0.219. The summed E-state index contributed by atoms with van der Waals surface area (Å²) in [7, 11) is 0. The Bertz CT molecular complexity index is 364. The minimum Gasteiger partial charge on any atom is -0.501 e. The van der Waals surface area contributed by atoms with Crippen LogP contribution in [-0.4, -0.2) is 23.1 Å². The fraction of sp³-hybridized carbons (Fsp3) is 0.538. The molecule has 0 saturated carbocycles. The van der Waals surface area contributed by atoms with Gasteiger partial charge >= 0.3 is 0 Å². The number of hydrogen-bond acceptors (Lipinski definition) is 4. The van der Waals surface area contributed by atoms with Crippen molar-refractivity contribution in [3.8, 4) is 0 Å². The molecule has 4 heteroatoms. The zero-order valence-corrected chi connectivity index (χ0v) is 10.2. The number of rotatable bonds is 5. The first-order valence-corrected chi connectivity index (χ1v) is 6.21. The molecule has 0 bridgehead atoms. The molecule has 1 unspecified atom stereocenters. The molecule has 0 aromatic carbocycles. The third-order valence-electron chi connectivity index (χ3n) is 2.83. The molecule has 0 spiro atoms. The summed E-state index contributed by atoms with van der Waals surface area (Å²) >= 11 is 0. The van der Waals surface area contributed by atoms with Crippen LogP contribution in [0.4, 0.5) is 0 Å². The minimum atomic E-state index is 0.165. The van der Waals surface area contributed by atoms with Crippen molar-refractivity contribution < 1.29 is 4.74 Å². The molecule has 1 aromatic rings. The third kappa shape index (κ3) is 3.27. The van der Waals surface area contributed by atoms with Crippen LogP contribution in [0.5, 0.6) is 0 Å². The average molecular weight is 233 g/mol. The first-order chi connectivity index (χ1) is 8.42. The second kappa shape index (κ2) is 6.35. The maximum Gasteiger partial charge on any atom is 0.115 e. The second-order valence-corrected chi connectivity index (χ2v) is 4.19. The van der Waals surface area contributed by atoms with E-state index >= 15 is 0 Å². The first-order valence-electron chi connectivity index (χ1n) is 6.21. The molecule has 1 aliphatic rings. The maximum atomic E-state index is 5.42. The van der Waals surface area contributed by atoms with Crippen molar-refractivity contribution in [1.82, 2.24) is 15.3 Å². The molecule has 2 heterocycles. The Morgan fingerprint density at radius 3 is 3.12 bits per heavy atom. The predicted octanol–water partition coefficient (Wildman–Crippen LogP) is 2.21. The zero-order chi connectivity index (χ0) is 11.9. The molecule has 17 heavy (non-hydrogen) atoms. The van der Waals surface area contributed by atoms with Crippen LogP contribution in [0.3, 0.4) is 0 Å². The van der Waals surface area contributed by atoms with E-state index < -0.39 is 0 Å². The van der Waals surface area contributed by atoms with Crippen molar-refractivity contribution in [2.75, 3.05) is 13.2 Å². The molecule has 0 radical (unpaired) electrons. The van der Waals surface area contributed by atoms with Gasteiger partial charge in [0.15, 0.2) is 0 Å². The standard InChI is InChI=1S/C13H19N3O/c1-2-6-15-13(11-4-3-8-17-9-11)12-5-7-14-10-16-12/h5,7,9-10,13,15H,2-4,6,8H2,1H3. The lowest BCUT2D eigenvalue weighted by atomic mass is 9.99. The van der Waals surface area contributed by atoms with Crippen molar-refractivity contribution in [1.29, 1.82) is 0 Å². The van der Waals surface area contributed by atoms with Gasteiger partial charge < -0.3 is 10.1 Å². The number of hydrogen-bond donors (Lipinski definition) is 1. The highest BCUT2D eigenvalue weighted by molar-refractivity contribution is 5.21. The van der Waals surface area contributed by atoms with E-state index in [-0.39, 0.29) is 6.04 Å². The van der Waals surface area contributed by atoms with Crippen molar-refractivity contribution in [3.05, 3.63) is 36.1 Å². The molecular formula is C13H19N3O. The van der Waals surface area contributed by atoms with E-state index in [1.807, 2.05) is 12.3 Å². The van der Waals surface area contributed by atoms with E-state index in [9.17, 15) is 0 Å². The molecule has 2 rings (SSSR count). The normalized spacial score (nSPS) is 17.1. The summed E-state index contributed by atoms with van der Waals surface area (Å²) in [5.74, 6) is 0. The highest BCUT2D eigenvalue weighted by Gasteiger charge is 2.19. The molecule has 0 fully saturated rings. The summed E-state index contributed by atoms with van der Waals surface area (Å²) in [5, 5.41) is 3.52. The van der Waals surface area contributed by atoms with E-state index in [0.29, 0.717) is 0 Å². The van der Waals surface area contributed by atoms with Crippen LogP contribution >= 0.6 is 0 Å². The molecule has 1 aliphatic heterocycles. The van der Waals surface area contributed by atoms with Gasteiger partial charge in [-0.15, -0.1) is 0 Å². The molecule has 0 aliphatic carbocycles. The Labute approximate surface area is 102 Å². The Balaban J connectivity index is 2.15. The predicted molar refractivity (Wildman–Crippen MR) is 66.3 cm³/mol. The lowest BCUT2D eigenvalue weighted by Crippen LogP contribution is -2.26. The van der Waals surface area contributed by atoms with Crippen LogP contribution in [-0.2, 0) is 4.74 Å². The van der Waals surface area contributed by atoms with Gasteiger partial charge in [-0.2, -0.15) is 0 Å². The number of aromatic nitrogens is 2. The quantitative estimate of drug-likeness (QED) is 0.847. The zero-order valence-electron chi connectivity index (χ0n) is 10.2. The summed E-state index contributed by atoms with van der Waals surface area (Å²) in [5.41, 5.74) is 2.30. The van der Waals surface area contributed by atoms with E-state index in [0.717, 1.165) is 38.1 Å². The topological polar surface area (TPSA) is 47.0 Å². The van der Waals surface area contributed by atoms with Crippen LogP contribution in [0, 0.1) is 0 Å². The van der Waals surface area contributed by atoms with Gasteiger partial charge in [0.1, 0.15) is 6.33 Å². The fourth-order valence-electron chi connectivity index (χ4n) is 1.98. The number of ether oxygens (including phenoxy) is 1. The van der Waals surface area contributed by atoms with Gasteiger partial charge in [0.05, 0.1) is 24.6 Å². The van der Waals surface area contributed by atoms with Gasteiger partial charge in [0.2, 0.25) is 0 Å². The van der Waals surface area contributed by atoms with Crippen LogP contribution < -0.4 is 5.32 Å². The van der Waals surface area contributed by atoms with E-state index in [1.54, 1.807) is 12.5 Å². The van der Waals surface area contributed by atoms with Crippen LogP contribution in [0.15, 0.2) is 30.4 Å². The highest BCUT2D eigenvalue weighted by atomic mass is 16.5. The van der Waals surface area contributed by atoms with Gasteiger partial charge in [-0.25, -0.2) is 9.97 Å². The van der Waals surface area contributed by atoms with Gasteiger partial charge in [-0.05, 0) is 37.4 Å². The Morgan fingerprint density at radius 2 is 2.47 bits per heavy atom. The van der Waals surface area contributed by atoms with Crippen LogP contribution in [0.2, 0.25) is 0 Å². The Morgan fingerprint density at radius 1 is 1.53 bits per heavy atom. The molecule has 1 aromatic heterocycles. The molecule has 1 atom stereocenters. The Hall–Kier alpha value is -1.42. The summed E-state index contributed by atoms with van der Waals surface area (Å²) < 4.78 is 5.42. The molecule has 1 N–H and O–H groups in total. The molecule has 92 valence electrons. The van der Waals surface area contributed by atoms with Crippen LogP contribution in [0.25, 0.3) is 0 Å². The smallest absolute Gasteiger partial charge is 0.115 e. The molecule has 0 amide bonds. The highest BCUT2D eigenvalue weighted by Crippen LogP contribution is 2.26. The molecular weight excluding hydrogens is 214 g/mol. The van der Waals surface area contributed by atoms with E-state index in [2.05, 4.69) is 22.2 Å². The summed E-state index contributed by atoms with van der Waals surface area (Å²) in [6.45, 7) is 3.97. The second-order valence-electron chi connectivity index (χ2n) is 4.19. The first kappa shape index (κ1) is 12.0. The minimum absolute atomic E-state index is 0.165. The fourth-order valence-corrected chi connectivity index (χ4v) is 1.98. The summed E-state index contributed by atoms with van der Waals surface area (Å²) in [6.07, 6.45) is 8.54.